The summed E-state index contributed by atoms with van der Waals surface area (Å²) in [4.78, 5) is 40.9. The largest absolute Gasteiger partial charge is 0.511 e. The van der Waals surface area contributed by atoms with Crippen LogP contribution in [-0.4, -0.2) is 53.0 Å². The Morgan fingerprint density at radius 1 is 1.08 bits per heavy atom. The van der Waals surface area contributed by atoms with Gasteiger partial charge in [-0.1, -0.05) is 62.4 Å². The van der Waals surface area contributed by atoms with E-state index in [4.69, 9.17) is 4.74 Å². The van der Waals surface area contributed by atoms with E-state index in [-0.39, 0.29) is 53.7 Å². The molecule has 0 aromatic heterocycles. The first kappa shape index (κ1) is 25.2. The van der Waals surface area contributed by atoms with Crippen molar-refractivity contribution in [2.75, 3.05) is 13.2 Å². The van der Waals surface area contributed by atoms with Crippen LogP contribution in [0.15, 0.2) is 64.9 Å². The summed E-state index contributed by atoms with van der Waals surface area (Å²) in [6.45, 7) is 5.03. The van der Waals surface area contributed by atoms with Crippen molar-refractivity contribution in [2.24, 2.45) is 10.4 Å². The van der Waals surface area contributed by atoms with Crippen molar-refractivity contribution in [1.29, 1.82) is 0 Å². The van der Waals surface area contributed by atoms with Crippen LogP contribution in [0.25, 0.3) is 11.1 Å². The Kier molecular flexibility index (Phi) is 6.97. The van der Waals surface area contributed by atoms with Crippen molar-refractivity contribution in [1.82, 2.24) is 5.32 Å². The number of hydrogen-bond acceptors (Lipinski definition) is 6. The Morgan fingerprint density at radius 2 is 1.67 bits per heavy atom. The number of aliphatic hydroxyl groups excluding tert-OH is 1. The molecule has 3 N–H and O–H groups in total. The van der Waals surface area contributed by atoms with E-state index in [1.807, 2.05) is 62.4 Å². The van der Waals surface area contributed by atoms with Crippen LogP contribution in [0.5, 0.6) is 0 Å². The lowest BCUT2D eigenvalue weighted by Gasteiger charge is -2.29. The minimum Gasteiger partial charge on any atom is -0.511 e. The maximum atomic E-state index is 12.5. The van der Waals surface area contributed by atoms with E-state index in [1.165, 1.54) is 6.92 Å². The molecule has 2 aromatic rings. The number of Topliss-reactive ketones (excluding diaryl/α,β-unsaturated/α-hetero) is 1. The Morgan fingerprint density at radius 3 is 2.22 bits per heavy atom. The number of allylic oxidation sites excluding steroid dienone is 2. The number of carbonyl (C=O) groups excluding carboxylic acids is 2. The second-order valence-corrected chi connectivity index (χ2v) is 10.0. The summed E-state index contributed by atoms with van der Waals surface area (Å²) in [5, 5.41) is 22.4. The normalized spacial score (nSPS) is 17.9. The molecule has 1 amide bonds. The van der Waals surface area contributed by atoms with E-state index in [0.29, 0.717) is 6.42 Å². The van der Waals surface area contributed by atoms with Gasteiger partial charge in [-0.2, -0.15) is 0 Å². The highest BCUT2D eigenvalue weighted by Crippen LogP contribution is 2.44. The van der Waals surface area contributed by atoms with E-state index in [9.17, 15) is 24.6 Å². The first-order valence-electron chi connectivity index (χ1n) is 11.9. The third-order valence-corrected chi connectivity index (χ3v) is 6.63. The third-order valence-electron chi connectivity index (χ3n) is 6.63. The number of aliphatic carboxylic acids is 1. The van der Waals surface area contributed by atoms with Gasteiger partial charge in [-0.3, -0.25) is 9.79 Å². The lowest BCUT2D eigenvalue weighted by Crippen LogP contribution is -2.37. The molecular formula is C28H30N2O6. The number of carboxylic acid groups (broad SMARTS) is 1. The number of aliphatic hydroxyl groups is 1. The molecule has 4 rings (SSSR count). The minimum atomic E-state index is -1.34. The molecule has 0 fully saturated rings. The molecule has 0 heterocycles. The van der Waals surface area contributed by atoms with Gasteiger partial charge < -0.3 is 20.3 Å². The summed E-state index contributed by atoms with van der Waals surface area (Å²) >= 11 is 0. The summed E-state index contributed by atoms with van der Waals surface area (Å²) in [6, 6.07) is 14.6. The number of nitrogens with one attached hydrogen (secondary N) is 1. The van der Waals surface area contributed by atoms with E-state index in [2.05, 4.69) is 10.3 Å². The first-order valence-corrected chi connectivity index (χ1v) is 11.9. The quantitative estimate of drug-likeness (QED) is 0.486. The Bertz CT molecular complexity index is 1230. The zero-order valence-corrected chi connectivity index (χ0v) is 20.6. The van der Waals surface area contributed by atoms with Crippen LogP contribution < -0.4 is 5.32 Å². The van der Waals surface area contributed by atoms with Crippen LogP contribution in [0.3, 0.4) is 0 Å². The van der Waals surface area contributed by atoms with Crippen molar-refractivity contribution in [2.45, 2.75) is 45.6 Å². The predicted octanol–water partition coefficient (Wildman–Crippen LogP) is 4.64. The van der Waals surface area contributed by atoms with Crippen molar-refractivity contribution >= 4 is 23.6 Å². The lowest BCUT2D eigenvalue weighted by atomic mass is 9.76. The van der Waals surface area contributed by atoms with E-state index in [0.717, 1.165) is 22.3 Å². The van der Waals surface area contributed by atoms with Crippen LogP contribution in [0.2, 0.25) is 0 Å². The number of ketones is 1. The Labute approximate surface area is 209 Å². The molecule has 0 spiro atoms. The smallest absolute Gasteiger partial charge is 0.407 e. The molecule has 0 saturated heterocycles. The van der Waals surface area contributed by atoms with Crippen LogP contribution in [0, 0.1) is 5.41 Å². The molecule has 2 aliphatic carbocycles. The fourth-order valence-corrected chi connectivity index (χ4v) is 5.01. The fraction of sp³-hybridized carbons (Fsp3) is 0.357. The Hall–Kier alpha value is -3.94. The summed E-state index contributed by atoms with van der Waals surface area (Å²) in [5.41, 5.74) is 4.18. The molecule has 0 saturated carbocycles. The maximum absolute atomic E-state index is 12.5. The predicted molar refractivity (Wildman–Crippen MR) is 135 cm³/mol. The average molecular weight is 491 g/mol. The number of carboxylic acids is 1. The number of benzene rings is 2. The number of hydrogen-bond donors (Lipinski definition) is 3. The third kappa shape index (κ3) is 5.17. The monoisotopic (exact) mass is 490 g/mol. The van der Waals surface area contributed by atoms with Crippen LogP contribution >= 0.6 is 0 Å². The average Bonchev–Trinajstić information content (AvgIpc) is 3.12. The highest BCUT2D eigenvalue weighted by molar-refractivity contribution is 6.22. The van der Waals surface area contributed by atoms with Crippen molar-refractivity contribution in [3.05, 3.63) is 71.0 Å². The van der Waals surface area contributed by atoms with Gasteiger partial charge in [0.2, 0.25) is 0 Å². The number of carbonyl (C=O) groups is 3. The molecule has 8 nitrogen and oxygen atoms in total. The summed E-state index contributed by atoms with van der Waals surface area (Å²) < 4.78 is 5.45. The van der Waals surface area contributed by atoms with Crippen LogP contribution in [0.1, 0.15) is 50.7 Å². The van der Waals surface area contributed by atoms with Crippen LogP contribution in [0.4, 0.5) is 4.79 Å². The molecule has 8 heteroatoms. The standard InChI is InChI=1S/C28H30N2O6/c1-16(25-23(31)12-28(2,3)13-24(25)32)30-22(26(33)34)14-29-27(35)36-15-21-19-10-6-4-8-17(19)18-9-5-7-11-20(18)21/h4-11,21-22,31H,12-15H2,1-3H3,(H,29,35)(H,33,34)/t22-/m0/s1. The van der Waals surface area contributed by atoms with E-state index < -0.39 is 18.1 Å². The summed E-state index contributed by atoms with van der Waals surface area (Å²) in [5.74, 6) is -1.75. The number of alkyl carbamates (subject to hydrolysis) is 1. The first-order chi connectivity index (χ1) is 17.1. The second kappa shape index (κ2) is 9.97. The topological polar surface area (TPSA) is 125 Å². The van der Waals surface area contributed by atoms with E-state index in [1.54, 1.807) is 0 Å². The van der Waals surface area contributed by atoms with Gasteiger partial charge in [0.25, 0.3) is 0 Å². The Balaban J connectivity index is 1.40. The van der Waals surface area contributed by atoms with Crippen molar-refractivity contribution < 1.29 is 29.3 Å². The minimum absolute atomic E-state index is 0.0571. The number of ether oxygens (including phenoxy) is 1. The molecule has 188 valence electrons. The van der Waals surface area contributed by atoms with Gasteiger partial charge in [-0.05, 0) is 34.6 Å². The number of aliphatic imine (C=N–C) groups is 1. The van der Waals surface area contributed by atoms with Gasteiger partial charge >= 0.3 is 12.1 Å². The molecule has 0 unspecified atom stereocenters. The summed E-state index contributed by atoms with van der Waals surface area (Å²) in [6.07, 6.45) is -0.223. The molecule has 1 atom stereocenters. The maximum Gasteiger partial charge on any atom is 0.407 e. The van der Waals surface area contributed by atoms with Gasteiger partial charge in [0.05, 0.1) is 12.1 Å². The SMILES string of the molecule is CC(=N[C@@H](CNC(=O)OCC1c2ccccc2-c2ccccc21)C(=O)O)C1=C(O)CC(C)(C)CC1=O. The van der Waals surface area contributed by atoms with Gasteiger partial charge in [0, 0.05) is 24.5 Å². The number of amides is 1. The van der Waals surface area contributed by atoms with Gasteiger partial charge in [0.1, 0.15) is 12.4 Å². The molecule has 0 bridgehead atoms. The highest BCUT2D eigenvalue weighted by Gasteiger charge is 2.35. The van der Waals surface area contributed by atoms with Crippen molar-refractivity contribution in [3.8, 4) is 11.1 Å². The molecule has 2 aromatic carbocycles. The van der Waals surface area contributed by atoms with Crippen LogP contribution in [-0.2, 0) is 14.3 Å². The zero-order valence-electron chi connectivity index (χ0n) is 20.6. The number of nitrogens with zero attached hydrogens (tertiary/aromatic N) is 1. The number of fused-ring (bicyclic) bond motifs is 3. The summed E-state index contributed by atoms with van der Waals surface area (Å²) in [7, 11) is 0. The second-order valence-electron chi connectivity index (χ2n) is 10.0. The van der Waals surface area contributed by atoms with Gasteiger partial charge in [-0.15, -0.1) is 0 Å². The fourth-order valence-electron chi connectivity index (χ4n) is 5.01. The highest BCUT2D eigenvalue weighted by atomic mass is 16.5. The van der Waals surface area contributed by atoms with E-state index >= 15 is 0 Å². The molecule has 0 radical (unpaired) electrons. The molecule has 36 heavy (non-hydrogen) atoms. The molecule has 0 aliphatic heterocycles. The zero-order chi connectivity index (χ0) is 26.0. The number of rotatable bonds is 7. The van der Waals surface area contributed by atoms with Crippen molar-refractivity contribution in [3.63, 3.8) is 0 Å². The molecular weight excluding hydrogens is 460 g/mol. The lowest BCUT2D eigenvalue weighted by molar-refractivity contribution is -0.138. The molecule has 2 aliphatic rings. The van der Waals surface area contributed by atoms with Gasteiger partial charge in [0.15, 0.2) is 11.8 Å². The van der Waals surface area contributed by atoms with Gasteiger partial charge in [-0.25, -0.2) is 9.59 Å².